The number of benzene rings is 2. The zero-order valence-electron chi connectivity index (χ0n) is 16.8. The van der Waals surface area contributed by atoms with Gasteiger partial charge in [0.2, 0.25) is 5.91 Å². The number of likely N-dealkylation sites (N-methyl/N-ethyl adjacent to an activating group) is 1. The molecule has 0 atom stereocenters. The molecule has 0 bridgehead atoms. The number of amides is 1. The van der Waals surface area contributed by atoms with Gasteiger partial charge in [-0.05, 0) is 36.7 Å². The maximum atomic E-state index is 12.4. The van der Waals surface area contributed by atoms with Crippen molar-refractivity contribution < 1.29 is 9.53 Å². The second kappa shape index (κ2) is 9.84. The van der Waals surface area contributed by atoms with Gasteiger partial charge in [0.15, 0.2) is 0 Å². The molecule has 7 heteroatoms. The number of ether oxygens (including phenoxy) is 1. The van der Waals surface area contributed by atoms with Crippen LogP contribution in [0.2, 0.25) is 0 Å². The van der Waals surface area contributed by atoms with E-state index >= 15 is 0 Å². The Morgan fingerprint density at radius 1 is 1.17 bits per heavy atom. The molecule has 0 aliphatic rings. The van der Waals surface area contributed by atoms with E-state index in [-0.39, 0.29) is 18.0 Å². The van der Waals surface area contributed by atoms with Gasteiger partial charge in [0, 0.05) is 6.54 Å². The average molecular weight is 394 g/mol. The number of para-hydroxylation sites is 2. The fourth-order valence-corrected chi connectivity index (χ4v) is 3.21. The maximum Gasteiger partial charge on any atom is 0.258 e. The molecule has 1 heterocycles. The van der Waals surface area contributed by atoms with Gasteiger partial charge in [-0.15, -0.1) is 0 Å². The first-order valence-electron chi connectivity index (χ1n) is 9.69. The monoisotopic (exact) mass is 394 g/mol. The van der Waals surface area contributed by atoms with Crippen LogP contribution in [0.1, 0.15) is 18.3 Å². The molecular formula is C22H26N4O3. The molecular weight excluding hydrogens is 368 g/mol. The molecule has 0 spiro atoms. The van der Waals surface area contributed by atoms with E-state index < -0.39 is 0 Å². The molecule has 0 aliphatic carbocycles. The summed E-state index contributed by atoms with van der Waals surface area (Å²) in [6, 6.07) is 15.0. The minimum absolute atomic E-state index is 0.0649. The Bertz CT molecular complexity index is 1030. The van der Waals surface area contributed by atoms with Crippen LogP contribution in [0.15, 0.2) is 53.3 Å². The first-order chi connectivity index (χ1) is 14.1. The molecule has 3 rings (SSSR count). The van der Waals surface area contributed by atoms with Gasteiger partial charge >= 0.3 is 0 Å². The molecule has 0 fully saturated rings. The third-order valence-electron chi connectivity index (χ3n) is 4.76. The van der Waals surface area contributed by atoms with Crippen molar-refractivity contribution in [3.63, 3.8) is 0 Å². The van der Waals surface area contributed by atoms with Crippen LogP contribution in [-0.4, -0.2) is 47.5 Å². The Balaban J connectivity index is 1.55. The van der Waals surface area contributed by atoms with Gasteiger partial charge in [0.1, 0.15) is 11.6 Å². The standard InChI is InChI=1S/C22H26N4O3/c1-3-26(14-20-24-18-10-6-5-9-17(18)22(28)25-20)15-21(27)23-13-12-16-8-4-7-11-19(16)29-2/h4-11H,3,12-15H2,1-2H3,(H,23,27)(H,24,25,28). The molecule has 0 aliphatic heterocycles. The number of carbonyl (C=O) groups excluding carboxylic acids is 1. The van der Waals surface area contributed by atoms with Crippen LogP contribution < -0.4 is 15.6 Å². The van der Waals surface area contributed by atoms with Crippen LogP contribution in [-0.2, 0) is 17.8 Å². The zero-order chi connectivity index (χ0) is 20.6. The van der Waals surface area contributed by atoms with E-state index in [0.29, 0.717) is 42.8 Å². The molecule has 0 saturated heterocycles. The number of nitrogens with zero attached hydrogens (tertiary/aromatic N) is 2. The second-order valence-corrected chi connectivity index (χ2v) is 6.74. The summed E-state index contributed by atoms with van der Waals surface area (Å²) in [5, 5.41) is 3.51. The van der Waals surface area contributed by atoms with Crippen molar-refractivity contribution >= 4 is 16.8 Å². The first kappa shape index (κ1) is 20.5. The Kier molecular flexibility index (Phi) is 6.97. The maximum absolute atomic E-state index is 12.4. The van der Waals surface area contributed by atoms with Crippen molar-refractivity contribution in [1.29, 1.82) is 0 Å². The molecule has 2 N–H and O–H groups in total. The van der Waals surface area contributed by atoms with Gasteiger partial charge in [0.05, 0.1) is 31.1 Å². The van der Waals surface area contributed by atoms with E-state index in [1.807, 2.05) is 54.3 Å². The Hall–Kier alpha value is -3.19. The fraction of sp³-hybridized carbons (Fsp3) is 0.318. The predicted octanol–water partition coefficient (Wildman–Crippen LogP) is 2.11. The summed E-state index contributed by atoms with van der Waals surface area (Å²) >= 11 is 0. The number of aromatic amines is 1. The molecule has 0 saturated carbocycles. The number of H-pyrrole nitrogens is 1. The second-order valence-electron chi connectivity index (χ2n) is 6.74. The molecule has 152 valence electrons. The summed E-state index contributed by atoms with van der Waals surface area (Å²) < 4.78 is 5.33. The van der Waals surface area contributed by atoms with Crippen molar-refractivity contribution in [2.75, 3.05) is 26.7 Å². The van der Waals surface area contributed by atoms with E-state index in [1.54, 1.807) is 13.2 Å². The first-order valence-corrected chi connectivity index (χ1v) is 9.69. The number of rotatable bonds is 9. The molecule has 3 aromatic rings. The lowest BCUT2D eigenvalue weighted by Crippen LogP contribution is -2.38. The van der Waals surface area contributed by atoms with Crippen molar-refractivity contribution in [3.8, 4) is 5.75 Å². The number of hydrogen-bond acceptors (Lipinski definition) is 5. The van der Waals surface area contributed by atoms with Crippen molar-refractivity contribution in [2.45, 2.75) is 19.9 Å². The molecule has 29 heavy (non-hydrogen) atoms. The molecule has 7 nitrogen and oxygen atoms in total. The fourth-order valence-electron chi connectivity index (χ4n) is 3.21. The van der Waals surface area contributed by atoms with Gasteiger partial charge in [-0.2, -0.15) is 0 Å². The molecule has 1 aromatic heterocycles. The van der Waals surface area contributed by atoms with Gasteiger partial charge in [-0.25, -0.2) is 4.98 Å². The van der Waals surface area contributed by atoms with Crippen LogP contribution in [0.25, 0.3) is 10.9 Å². The largest absolute Gasteiger partial charge is 0.496 e. The van der Waals surface area contributed by atoms with E-state index in [1.165, 1.54) is 0 Å². The lowest BCUT2D eigenvalue weighted by Gasteiger charge is -2.19. The van der Waals surface area contributed by atoms with Crippen LogP contribution in [0.4, 0.5) is 0 Å². The topological polar surface area (TPSA) is 87.3 Å². The minimum atomic E-state index is -0.164. The summed E-state index contributed by atoms with van der Waals surface area (Å²) in [5.74, 6) is 1.31. The van der Waals surface area contributed by atoms with Crippen molar-refractivity contribution in [2.24, 2.45) is 0 Å². The lowest BCUT2D eigenvalue weighted by atomic mass is 10.1. The van der Waals surface area contributed by atoms with E-state index in [2.05, 4.69) is 15.3 Å². The number of methoxy groups -OCH3 is 1. The van der Waals surface area contributed by atoms with E-state index in [4.69, 9.17) is 4.74 Å². The number of nitrogens with one attached hydrogen (secondary N) is 2. The Morgan fingerprint density at radius 2 is 1.93 bits per heavy atom. The van der Waals surface area contributed by atoms with Gasteiger partial charge in [-0.1, -0.05) is 37.3 Å². The van der Waals surface area contributed by atoms with Gasteiger partial charge in [0.25, 0.3) is 5.56 Å². The molecule has 2 aromatic carbocycles. The van der Waals surface area contributed by atoms with Crippen LogP contribution >= 0.6 is 0 Å². The summed E-state index contributed by atoms with van der Waals surface area (Å²) in [4.78, 5) is 33.8. The summed E-state index contributed by atoms with van der Waals surface area (Å²) in [5.41, 5.74) is 1.55. The predicted molar refractivity (Wildman–Crippen MR) is 113 cm³/mol. The highest BCUT2D eigenvalue weighted by Crippen LogP contribution is 2.17. The van der Waals surface area contributed by atoms with Crippen molar-refractivity contribution in [3.05, 3.63) is 70.3 Å². The number of carbonyl (C=O) groups is 1. The summed E-state index contributed by atoms with van der Waals surface area (Å²) in [6.45, 7) is 3.80. The summed E-state index contributed by atoms with van der Waals surface area (Å²) in [7, 11) is 1.64. The Morgan fingerprint density at radius 3 is 2.72 bits per heavy atom. The van der Waals surface area contributed by atoms with E-state index in [0.717, 1.165) is 11.3 Å². The highest BCUT2D eigenvalue weighted by molar-refractivity contribution is 5.78. The van der Waals surface area contributed by atoms with Crippen molar-refractivity contribution in [1.82, 2.24) is 20.2 Å². The van der Waals surface area contributed by atoms with Crippen LogP contribution in [0.5, 0.6) is 5.75 Å². The highest BCUT2D eigenvalue weighted by atomic mass is 16.5. The highest BCUT2D eigenvalue weighted by Gasteiger charge is 2.12. The quantitative estimate of drug-likeness (QED) is 0.580. The van der Waals surface area contributed by atoms with Crippen LogP contribution in [0.3, 0.4) is 0 Å². The minimum Gasteiger partial charge on any atom is -0.496 e. The van der Waals surface area contributed by atoms with Gasteiger partial charge in [-0.3, -0.25) is 14.5 Å². The van der Waals surface area contributed by atoms with Gasteiger partial charge < -0.3 is 15.0 Å². The lowest BCUT2D eigenvalue weighted by molar-refractivity contribution is -0.122. The SMILES string of the molecule is CCN(CC(=O)NCCc1ccccc1OC)Cc1nc2ccccc2c(=O)[nH]1. The molecule has 0 unspecified atom stereocenters. The number of fused-ring (bicyclic) bond motifs is 1. The average Bonchev–Trinajstić information content (AvgIpc) is 2.73. The number of hydrogen-bond donors (Lipinski definition) is 2. The van der Waals surface area contributed by atoms with E-state index in [9.17, 15) is 9.59 Å². The smallest absolute Gasteiger partial charge is 0.258 e. The van der Waals surface area contributed by atoms with Crippen LogP contribution in [0, 0.1) is 0 Å². The third-order valence-corrected chi connectivity index (χ3v) is 4.76. The third kappa shape index (κ3) is 5.42. The Labute approximate surface area is 169 Å². The summed E-state index contributed by atoms with van der Waals surface area (Å²) in [6.07, 6.45) is 0.696. The number of aromatic nitrogens is 2. The zero-order valence-corrected chi connectivity index (χ0v) is 16.8. The normalized spacial score (nSPS) is 11.0. The molecule has 1 amide bonds. The molecule has 0 radical (unpaired) electrons.